The van der Waals surface area contributed by atoms with Crippen molar-refractivity contribution in [2.75, 3.05) is 33.2 Å². The highest BCUT2D eigenvalue weighted by molar-refractivity contribution is 4.92. The van der Waals surface area contributed by atoms with Crippen LogP contribution in [0.2, 0.25) is 0 Å². The molecule has 1 aliphatic heterocycles. The number of tetrazole rings is 1. The zero-order chi connectivity index (χ0) is 15.6. The number of hydrogen-bond donors (Lipinski definition) is 2. The van der Waals surface area contributed by atoms with Gasteiger partial charge in [-0.1, -0.05) is 13.8 Å². The van der Waals surface area contributed by atoms with Crippen molar-refractivity contribution in [2.45, 2.75) is 52.6 Å². The van der Waals surface area contributed by atoms with Crippen LogP contribution in [0.3, 0.4) is 0 Å². The summed E-state index contributed by atoms with van der Waals surface area (Å²) < 4.78 is 2.03. The minimum atomic E-state index is -0.0642. The van der Waals surface area contributed by atoms with E-state index in [4.69, 9.17) is 0 Å². The van der Waals surface area contributed by atoms with Gasteiger partial charge in [0.25, 0.3) is 0 Å². The van der Waals surface area contributed by atoms with Gasteiger partial charge in [-0.2, -0.15) is 0 Å². The molecule has 2 N–H and O–H groups in total. The molecule has 0 amide bonds. The molecule has 1 aromatic heterocycles. The summed E-state index contributed by atoms with van der Waals surface area (Å²) in [5.41, 5.74) is -0.0642. The Balaban J connectivity index is 2.26. The quantitative estimate of drug-likeness (QED) is 0.744. The molecule has 0 aliphatic carbocycles. The third-order valence-corrected chi connectivity index (χ3v) is 4.39. The van der Waals surface area contributed by atoms with Crippen LogP contribution in [0.1, 0.15) is 52.9 Å². The third-order valence-electron chi connectivity index (χ3n) is 4.39. The first kappa shape index (κ1) is 16.4. The van der Waals surface area contributed by atoms with E-state index in [-0.39, 0.29) is 5.54 Å². The van der Waals surface area contributed by atoms with Gasteiger partial charge in [0.05, 0.1) is 12.6 Å². The van der Waals surface area contributed by atoms with E-state index in [0.717, 1.165) is 12.2 Å². The zero-order valence-electron chi connectivity index (χ0n) is 14.5. The van der Waals surface area contributed by atoms with E-state index < -0.39 is 0 Å². The van der Waals surface area contributed by atoms with Crippen molar-refractivity contribution in [3.63, 3.8) is 0 Å². The van der Waals surface area contributed by atoms with E-state index in [2.05, 4.69) is 57.2 Å². The van der Waals surface area contributed by atoms with Crippen molar-refractivity contribution >= 4 is 0 Å². The number of quaternary nitrogens is 2. The molecule has 0 radical (unpaired) electrons. The summed E-state index contributed by atoms with van der Waals surface area (Å²) in [7, 11) is 2.29. The number of nitrogens with zero attached hydrogens (tertiary/aromatic N) is 4. The molecule has 6 heteroatoms. The molecule has 21 heavy (non-hydrogen) atoms. The van der Waals surface area contributed by atoms with E-state index in [1.807, 2.05) is 4.68 Å². The summed E-state index contributed by atoms with van der Waals surface area (Å²) in [6, 6.07) is 0.410. The van der Waals surface area contributed by atoms with E-state index in [1.54, 1.807) is 9.80 Å². The highest BCUT2D eigenvalue weighted by Gasteiger charge is 2.35. The molecular formula is C15H32N6+2. The van der Waals surface area contributed by atoms with Crippen LogP contribution in [0.4, 0.5) is 0 Å². The molecule has 0 unspecified atom stereocenters. The van der Waals surface area contributed by atoms with E-state index in [9.17, 15) is 0 Å². The summed E-state index contributed by atoms with van der Waals surface area (Å²) in [5.74, 6) is 1.71. The first-order valence-corrected chi connectivity index (χ1v) is 8.23. The largest absolute Gasteiger partial charge is 0.328 e. The number of rotatable bonds is 4. The second kappa shape index (κ2) is 6.40. The lowest BCUT2D eigenvalue weighted by molar-refractivity contribution is -1.02. The van der Waals surface area contributed by atoms with Crippen LogP contribution < -0.4 is 9.80 Å². The monoisotopic (exact) mass is 296 g/mol. The minimum Gasteiger partial charge on any atom is -0.328 e. The fourth-order valence-corrected chi connectivity index (χ4v) is 3.16. The molecule has 0 aromatic carbocycles. The molecule has 1 atom stereocenters. The average molecular weight is 296 g/mol. The lowest BCUT2D eigenvalue weighted by atomic mass is 9.99. The van der Waals surface area contributed by atoms with Gasteiger partial charge >= 0.3 is 0 Å². The van der Waals surface area contributed by atoms with Crippen LogP contribution >= 0.6 is 0 Å². The lowest BCUT2D eigenvalue weighted by Crippen LogP contribution is -3.27. The fraction of sp³-hybridized carbons (Fsp3) is 0.933. The van der Waals surface area contributed by atoms with Gasteiger partial charge in [0, 0.05) is 6.42 Å². The number of likely N-dealkylation sites (N-methyl/N-ethyl adjacent to an activating group) is 1. The summed E-state index contributed by atoms with van der Waals surface area (Å²) >= 11 is 0. The second-order valence-corrected chi connectivity index (χ2v) is 7.92. The van der Waals surface area contributed by atoms with Crippen LogP contribution in [0.15, 0.2) is 0 Å². The van der Waals surface area contributed by atoms with Gasteiger partial charge in [-0.15, -0.1) is 5.10 Å². The molecule has 2 rings (SSSR count). The summed E-state index contributed by atoms with van der Waals surface area (Å²) in [4.78, 5) is 3.28. The molecular weight excluding hydrogens is 264 g/mol. The molecule has 2 heterocycles. The Kier molecular flexibility index (Phi) is 4.99. The van der Waals surface area contributed by atoms with Gasteiger partial charge in [-0.25, -0.2) is 4.68 Å². The van der Waals surface area contributed by atoms with Crippen molar-refractivity contribution in [3.05, 3.63) is 5.82 Å². The normalized spacial score (nSPS) is 25.3. The molecule has 1 aromatic rings. The number of piperazine rings is 1. The maximum absolute atomic E-state index is 4.40. The first-order chi connectivity index (χ1) is 9.79. The molecule has 0 bridgehead atoms. The summed E-state index contributed by atoms with van der Waals surface area (Å²) in [5, 5.41) is 12.6. The predicted molar refractivity (Wildman–Crippen MR) is 82.3 cm³/mol. The van der Waals surface area contributed by atoms with Crippen molar-refractivity contribution < 1.29 is 9.80 Å². The van der Waals surface area contributed by atoms with Crippen LogP contribution in [0.5, 0.6) is 0 Å². The molecule has 0 saturated carbocycles. The number of aromatic nitrogens is 4. The average Bonchev–Trinajstić information content (AvgIpc) is 2.85. The van der Waals surface area contributed by atoms with Crippen molar-refractivity contribution in [1.82, 2.24) is 20.2 Å². The lowest BCUT2D eigenvalue weighted by Gasteiger charge is -2.34. The first-order valence-electron chi connectivity index (χ1n) is 8.23. The van der Waals surface area contributed by atoms with Crippen LogP contribution in [0.25, 0.3) is 0 Å². The van der Waals surface area contributed by atoms with Crippen molar-refractivity contribution in [1.29, 1.82) is 0 Å². The van der Waals surface area contributed by atoms with Gasteiger partial charge in [-0.05, 0) is 37.1 Å². The standard InChI is InChI=1S/C15H30N6/c1-12(2)11-13(20-9-7-19(6)8-10-20)14-16-17-18-21(14)15(3,4)5/h12-13H,7-11H2,1-6H3/p+2/t13-/m1/s1. The highest BCUT2D eigenvalue weighted by atomic mass is 15.6. The topological polar surface area (TPSA) is 52.5 Å². The number of nitrogens with one attached hydrogen (secondary N) is 2. The Hall–Kier alpha value is -1.01. The maximum atomic E-state index is 4.40. The molecule has 1 aliphatic rings. The van der Waals surface area contributed by atoms with Gasteiger partial charge in [0.1, 0.15) is 26.2 Å². The van der Waals surface area contributed by atoms with E-state index in [1.165, 1.54) is 26.2 Å². The van der Waals surface area contributed by atoms with Crippen molar-refractivity contribution in [3.8, 4) is 0 Å². The van der Waals surface area contributed by atoms with Crippen LogP contribution in [-0.4, -0.2) is 53.4 Å². The Morgan fingerprint density at radius 2 is 1.76 bits per heavy atom. The van der Waals surface area contributed by atoms with Gasteiger partial charge in [0.15, 0.2) is 6.04 Å². The summed E-state index contributed by atoms with van der Waals surface area (Å²) in [6.07, 6.45) is 1.14. The van der Waals surface area contributed by atoms with Gasteiger partial charge < -0.3 is 9.80 Å². The summed E-state index contributed by atoms with van der Waals surface area (Å²) in [6.45, 7) is 16.0. The Bertz CT molecular complexity index is 439. The Morgan fingerprint density at radius 3 is 2.29 bits per heavy atom. The molecule has 1 fully saturated rings. The Labute approximate surface area is 128 Å². The molecule has 1 saturated heterocycles. The molecule has 6 nitrogen and oxygen atoms in total. The Morgan fingerprint density at radius 1 is 1.14 bits per heavy atom. The van der Waals surface area contributed by atoms with Gasteiger partial charge in [-0.3, -0.25) is 0 Å². The van der Waals surface area contributed by atoms with Gasteiger partial charge in [0.2, 0.25) is 5.82 Å². The maximum Gasteiger partial charge on any atom is 0.209 e. The molecule has 120 valence electrons. The highest BCUT2D eigenvalue weighted by Crippen LogP contribution is 2.21. The zero-order valence-corrected chi connectivity index (χ0v) is 14.5. The predicted octanol–water partition coefficient (Wildman–Crippen LogP) is -1.07. The second-order valence-electron chi connectivity index (χ2n) is 7.92. The third kappa shape index (κ3) is 4.01. The van der Waals surface area contributed by atoms with Crippen LogP contribution in [0, 0.1) is 5.92 Å². The van der Waals surface area contributed by atoms with E-state index >= 15 is 0 Å². The fourth-order valence-electron chi connectivity index (χ4n) is 3.16. The van der Waals surface area contributed by atoms with Crippen LogP contribution in [-0.2, 0) is 5.54 Å². The SMILES string of the molecule is CC(C)C[C@H](c1nnnn1C(C)(C)C)[NH+]1CC[NH+](C)CC1. The minimum absolute atomic E-state index is 0.0642. The van der Waals surface area contributed by atoms with E-state index in [0.29, 0.717) is 12.0 Å². The number of hydrogen-bond acceptors (Lipinski definition) is 3. The molecule has 0 spiro atoms. The smallest absolute Gasteiger partial charge is 0.209 e. The van der Waals surface area contributed by atoms with Crippen molar-refractivity contribution in [2.24, 2.45) is 5.92 Å².